The van der Waals surface area contributed by atoms with E-state index in [-0.39, 0.29) is 13.2 Å². The van der Waals surface area contributed by atoms with Crippen LogP contribution in [0.3, 0.4) is 0 Å². The molecular weight excluding hydrogens is 259 g/mol. The maximum absolute atomic E-state index is 13.8. The molecular formula is C16H19FO3. The zero-order valence-corrected chi connectivity index (χ0v) is 11.8. The highest BCUT2D eigenvalue weighted by Gasteiger charge is 2.36. The molecule has 1 aliphatic heterocycles. The monoisotopic (exact) mass is 278 g/mol. The predicted octanol–water partition coefficient (Wildman–Crippen LogP) is 2.70. The van der Waals surface area contributed by atoms with E-state index in [0.29, 0.717) is 6.61 Å². The van der Waals surface area contributed by atoms with Crippen molar-refractivity contribution in [1.29, 1.82) is 0 Å². The van der Waals surface area contributed by atoms with Crippen molar-refractivity contribution in [3.05, 3.63) is 35.9 Å². The maximum atomic E-state index is 13.8. The van der Waals surface area contributed by atoms with Gasteiger partial charge in [0.15, 0.2) is 12.0 Å². The van der Waals surface area contributed by atoms with E-state index < -0.39 is 18.1 Å². The first-order valence-electron chi connectivity index (χ1n) is 6.63. The van der Waals surface area contributed by atoms with Crippen LogP contribution < -0.4 is 0 Å². The number of hydrogen-bond donors (Lipinski definition) is 0. The number of alkyl halides is 1. The quantitative estimate of drug-likeness (QED) is 0.626. The van der Waals surface area contributed by atoms with E-state index in [2.05, 4.69) is 11.8 Å². The molecule has 0 saturated carbocycles. The third-order valence-electron chi connectivity index (χ3n) is 2.88. The molecule has 1 unspecified atom stereocenters. The van der Waals surface area contributed by atoms with Gasteiger partial charge in [0.05, 0.1) is 13.2 Å². The summed E-state index contributed by atoms with van der Waals surface area (Å²) in [6, 6.07) is 9.78. The van der Waals surface area contributed by atoms with Crippen molar-refractivity contribution < 1.29 is 18.6 Å². The summed E-state index contributed by atoms with van der Waals surface area (Å²) >= 11 is 0. The van der Waals surface area contributed by atoms with Crippen molar-refractivity contribution >= 4 is 0 Å². The van der Waals surface area contributed by atoms with Gasteiger partial charge in [-0.3, -0.25) is 0 Å². The molecule has 0 N–H and O–H groups in total. The second-order valence-electron chi connectivity index (χ2n) is 5.07. The van der Waals surface area contributed by atoms with Crippen LogP contribution in [-0.4, -0.2) is 31.3 Å². The lowest BCUT2D eigenvalue weighted by Gasteiger charge is -2.17. The zero-order valence-electron chi connectivity index (χ0n) is 11.8. The van der Waals surface area contributed by atoms with Crippen LogP contribution in [0.15, 0.2) is 30.3 Å². The summed E-state index contributed by atoms with van der Waals surface area (Å²) in [7, 11) is 0. The molecule has 0 aromatic heterocycles. The van der Waals surface area contributed by atoms with Gasteiger partial charge in [-0.05, 0) is 19.4 Å². The van der Waals surface area contributed by atoms with Gasteiger partial charge >= 0.3 is 0 Å². The standard InChI is InChI=1S/C16H19FO3/c1-16(2)19-12-15(20-16)14(17)9-6-10-18-11-13-7-4-3-5-8-13/h3-5,7-8,14-15H,10-12H2,1-2H3/t14?,15-/m1/s1. The largest absolute Gasteiger partial charge is 0.364 e. The minimum Gasteiger partial charge on any atom is -0.364 e. The Bertz CT molecular complexity index is 475. The normalized spacial score (nSPS) is 22.1. The van der Waals surface area contributed by atoms with Crippen molar-refractivity contribution in [2.24, 2.45) is 0 Å². The van der Waals surface area contributed by atoms with Crippen LogP contribution in [0.5, 0.6) is 0 Å². The van der Waals surface area contributed by atoms with E-state index in [1.54, 1.807) is 13.8 Å². The van der Waals surface area contributed by atoms with Crippen molar-refractivity contribution in [1.82, 2.24) is 0 Å². The molecule has 1 heterocycles. The van der Waals surface area contributed by atoms with Gasteiger partial charge in [0, 0.05) is 0 Å². The first-order valence-corrected chi connectivity index (χ1v) is 6.63. The number of rotatable bonds is 4. The Morgan fingerprint density at radius 2 is 2.15 bits per heavy atom. The van der Waals surface area contributed by atoms with E-state index in [0.717, 1.165) is 5.56 Å². The van der Waals surface area contributed by atoms with E-state index in [1.165, 1.54) is 0 Å². The molecule has 2 rings (SSSR count). The van der Waals surface area contributed by atoms with E-state index in [4.69, 9.17) is 14.2 Å². The minimum atomic E-state index is -1.35. The molecule has 20 heavy (non-hydrogen) atoms. The van der Waals surface area contributed by atoms with Crippen LogP contribution in [0.25, 0.3) is 0 Å². The van der Waals surface area contributed by atoms with E-state index in [1.807, 2.05) is 30.3 Å². The van der Waals surface area contributed by atoms with Gasteiger partial charge in [-0.1, -0.05) is 42.2 Å². The van der Waals surface area contributed by atoms with Gasteiger partial charge in [-0.25, -0.2) is 4.39 Å². The Morgan fingerprint density at radius 3 is 2.80 bits per heavy atom. The van der Waals surface area contributed by atoms with Crippen molar-refractivity contribution in [2.45, 2.75) is 38.5 Å². The predicted molar refractivity (Wildman–Crippen MR) is 73.7 cm³/mol. The van der Waals surface area contributed by atoms with E-state index in [9.17, 15) is 4.39 Å². The van der Waals surface area contributed by atoms with Crippen molar-refractivity contribution in [3.8, 4) is 11.8 Å². The molecule has 0 radical (unpaired) electrons. The number of ether oxygens (including phenoxy) is 3. The molecule has 2 atom stereocenters. The van der Waals surface area contributed by atoms with Gasteiger partial charge in [0.1, 0.15) is 12.7 Å². The summed E-state index contributed by atoms with van der Waals surface area (Å²) in [5.41, 5.74) is 1.07. The Morgan fingerprint density at radius 1 is 1.40 bits per heavy atom. The molecule has 0 amide bonds. The average Bonchev–Trinajstić information content (AvgIpc) is 2.80. The fourth-order valence-corrected chi connectivity index (χ4v) is 1.89. The lowest BCUT2D eigenvalue weighted by molar-refractivity contribution is -0.142. The van der Waals surface area contributed by atoms with Gasteiger partial charge in [-0.2, -0.15) is 0 Å². The van der Waals surface area contributed by atoms with Crippen LogP contribution >= 0.6 is 0 Å². The third kappa shape index (κ3) is 4.61. The van der Waals surface area contributed by atoms with Crippen molar-refractivity contribution in [3.63, 3.8) is 0 Å². The minimum absolute atomic E-state index is 0.201. The van der Waals surface area contributed by atoms with Crippen LogP contribution in [0.1, 0.15) is 19.4 Å². The Balaban J connectivity index is 1.69. The molecule has 1 aliphatic rings. The molecule has 0 spiro atoms. The Kier molecular flexibility index (Phi) is 5.13. The highest BCUT2D eigenvalue weighted by Crippen LogP contribution is 2.24. The van der Waals surface area contributed by atoms with Gasteiger partial charge in [0.2, 0.25) is 0 Å². The molecule has 108 valence electrons. The summed E-state index contributed by atoms with van der Waals surface area (Å²) in [4.78, 5) is 0. The van der Waals surface area contributed by atoms with Gasteiger partial charge < -0.3 is 14.2 Å². The van der Waals surface area contributed by atoms with Crippen LogP contribution in [0, 0.1) is 11.8 Å². The highest BCUT2D eigenvalue weighted by molar-refractivity contribution is 5.14. The molecule has 0 aliphatic carbocycles. The highest BCUT2D eigenvalue weighted by atomic mass is 19.1. The first-order chi connectivity index (χ1) is 9.57. The first kappa shape index (κ1) is 15.0. The second-order valence-corrected chi connectivity index (χ2v) is 5.07. The third-order valence-corrected chi connectivity index (χ3v) is 2.88. The van der Waals surface area contributed by atoms with Crippen molar-refractivity contribution in [2.75, 3.05) is 13.2 Å². The molecule has 3 nitrogen and oxygen atoms in total. The lowest BCUT2D eigenvalue weighted by atomic mass is 10.2. The molecule has 0 bridgehead atoms. The summed E-state index contributed by atoms with van der Waals surface area (Å²) in [6.07, 6.45) is -1.97. The summed E-state index contributed by atoms with van der Waals surface area (Å²) < 4.78 is 29.8. The maximum Gasteiger partial charge on any atom is 0.189 e. The van der Waals surface area contributed by atoms with Crippen LogP contribution in [0.2, 0.25) is 0 Å². The number of hydrogen-bond acceptors (Lipinski definition) is 3. The Labute approximate surface area is 119 Å². The zero-order chi connectivity index (χ0) is 14.4. The van der Waals surface area contributed by atoms with Crippen LogP contribution in [0.4, 0.5) is 4.39 Å². The topological polar surface area (TPSA) is 27.7 Å². The summed E-state index contributed by atoms with van der Waals surface area (Å²) in [6.45, 7) is 4.43. The molecule has 4 heteroatoms. The lowest BCUT2D eigenvalue weighted by Crippen LogP contribution is -2.27. The fraction of sp³-hybridized carbons (Fsp3) is 0.500. The smallest absolute Gasteiger partial charge is 0.189 e. The molecule has 1 saturated heterocycles. The van der Waals surface area contributed by atoms with Crippen LogP contribution in [-0.2, 0) is 20.8 Å². The number of benzene rings is 1. The summed E-state index contributed by atoms with van der Waals surface area (Å²) in [5.74, 6) is 4.46. The van der Waals surface area contributed by atoms with Gasteiger partial charge in [-0.15, -0.1) is 0 Å². The molecule has 1 aromatic carbocycles. The SMILES string of the molecule is CC1(C)OC[C@H](C(F)C#CCOCc2ccccc2)O1. The van der Waals surface area contributed by atoms with Gasteiger partial charge in [0.25, 0.3) is 0 Å². The second kappa shape index (κ2) is 6.85. The molecule has 1 aromatic rings. The Hall–Kier alpha value is -1.41. The average molecular weight is 278 g/mol. The molecule has 1 fully saturated rings. The fourth-order valence-electron chi connectivity index (χ4n) is 1.89. The summed E-state index contributed by atoms with van der Waals surface area (Å²) in [5, 5.41) is 0. The van der Waals surface area contributed by atoms with E-state index >= 15 is 0 Å². The number of halogens is 1.